The van der Waals surface area contributed by atoms with E-state index in [9.17, 15) is 19.5 Å². The van der Waals surface area contributed by atoms with Gasteiger partial charge in [-0.2, -0.15) is 0 Å². The fourth-order valence-electron chi connectivity index (χ4n) is 1.44. The Morgan fingerprint density at radius 1 is 1.26 bits per heavy atom. The first-order valence-electron chi connectivity index (χ1n) is 5.71. The Kier molecular flexibility index (Phi) is 6.26. The van der Waals surface area contributed by atoms with Gasteiger partial charge < -0.3 is 25.5 Å². The highest BCUT2D eigenvalue weighted by Gasteiger charge is 2.25. The van der Waals surface area contributed by atoms with Gasteiger partial charge in [-0.05, 0) is 20.3 Å². The molecule has 19 heavy (non-hydrogen) atoms. The summed E-state index contributed by atoms with van der Waals surface area (Å²) >= 11 is 0. The number of nitrogens with one attached hydrogen (secondary N) is 1. The molecule has 0 saturated heterocycles. The molecule has 1 unspecified atom stereocenters. The van der Waals surface area contributed by atoms with Crippen LogP contribution in [0.25, 0.3) is 0 Å². The van der Waals surface area contributed by atoms with Crippen LogP contribution in [0.4, 0.5) is 4.79 Å². The minimum Gasteiger partial charge on any atom is -0.481 e. The predicted molar refractivity (Wildman–Crippen MR) is 65.8 cm³/mol. The van der Waals surface area contributed by atoms with Gasteiger partial charge in [0.25, 0.3) is 0 Å². The lowest BCUT2D eigenvalue weighted by atomic mass is 10.1. The highest BCUT2D eigenvalue weighted by Crippen LogP contribution is 2.04. The number of hydrogen-bond acceptors (Lipinski definition) is 4. The fourth-order valence-corrected chi connectivity index (χ4v) is 1.44. The second-order valence-electron chi connectivity index (χ2n) is 4.94. The van der Waals surface area contributed by atoms with E-state index < -0.39 is 29.6 Å². The number of aliphatic hydroxyl groups is 1. The molecule has 0 aliphatic rings. The van der Waals surface area contributed by atoms with Crippen molar-refractivity contribution in [1.29, 1.82) is 0 Å². The topological polar surface area (TPSA) is 127 Å². The zero-order valence-corrected chi connectivity index (χ0v) is 11.2. The van der Waals surface area contributed by atoms with E-state index in [0.717, 1.165) is 4.90 Å². The first-order chi connectivity index (χ1) is 8.53. The maximum atomic E-state index is 11.7. The summed E-state index contributed by atoms with van der Waals surface area (Å²) in [6.45, 7) is 3.04. The van der Waals surface area contributed by atoms with E-state index in [-0.39, 0.29) is 19.4 Å². The number of rotatable bonds is 7. The minimum atomic E-state index is -1.30. The van der Waals surface area contributed by atoms with Crippen LogP contribution >= 0.6 is 0 Å². The molecule has 0 aromatic carbocycles. The Balaban J connectivity index is 4.46. The summed E-state index contributed by atoms with van der Waals surface area (Å²) in [5.74, 6) is -2.43. The molecular formula is C11H20N2O6. The number of amides is 2. The lowest BCUT2D eigenvalue weighted by Gasteiger charge is -2.27. The minimum absolute atomic E-state index is 0.0180. The standard InChI is InChI=1S/C11H20N2O6/c1-11(2,19)6-13(3)10(18)12-7(9(16)17)4-5-8(14)15/h7,19H,4-6H2,1-3H3,(H,12,18)(H,14,15)(H,16,17). The van der Waals surface area contributed by atoms with E-state index in [1.54, 1.807) is 0 Å². The van der Waals surface area contributed by atoms with Crippen molar-refractivity contribution in [3.63, 3.8) is 0 Å². The van der Waals surface area contributed by atoms with Gasteiger partial charge in [-0.3, -0.25) is 4.79 Å². The van der Waals surface area contributed by atoms with Gasteiger partial charge in [0.05, 0.1) is 12.1 Å². The van der Waals surface area contributed by atoms with E-state index in [4.69, 9.17) is 10.2 Å². The van der Waals surface area contributed by atoms with Gasteiger partial charge in [0.1, 0.15) is 6.04 Å². The average Bonchev–Trinajstić information content (AvgIpc) is 2.20. The Labute approximate surface area is 111 Å². The number of carboxylic acids is 2. The molecule has 8 heteroatoms. The van der Waals surface area contributed by atoms with Gasteiger partial charge in [-0.25, -0.2) is 9.59 Å². The number of aliphatic carboxylic acids is 2. The third-order valence-corrected chi connectivity index (χ3v) is 2.21. The third kappa shape index (κ3) is 7.98. The zero-order chi connectivity index (χ0) is 15.2. The average molecular weight is 276 g/mol. The predicted octanol–water partition coefficient (Wildman–Crippen LogP) is -0.283. The Bertz CT molecular complexity index is 350. The molecule has 0 aliphatic carbocycles. The molecule has 0 aromatic heterocycles. The number of carboxylic acid groups (broad SMARTS) is 2. The van der Waals surface area contributed by atoms with Crippen LogP contribution in [0, 0.1) is 0 Å². The summed E-state index contributed by atoms with van der Waals surface area (Å²) < 4.78 is 0. The normalized spacial score (nSPS) is 12.6. The number of carbonyl (C=O) groups excluding carboxylic acids is 1. The lowest BCUT2D eigenvalue weighted by molar-refractivity contribution is -0.140. The molecule has 8 nitrogen and oxygen atoms in total. The van der Waals surface area contributed by atoms with E-state index in [1.807, 2.05) is 0 Å². The van der Waals surface area contributed by atoms with Crippen molar-refractivity contribution in [3.8, 4) is 0 Å². The fraction of sp³-hybridized carbons (Fsp3) is 0.727. The van der Waals surface area contributed by atoms with Gasteiger partial charge in [0.2, 0.25) is 0 Å². The van der Waals surface area contributed by atoms with Crippen LogP contribution in [-0.2, 0) is 9.59 Å². The summed E-state index contributed by atoms with van der Waals surface area (Å²) in [5, 5.41) is 29.1. The molecule has 0 aliphatic heterocycles. The Morgan fingerprint density at radius 3 is 2.16 bits per heavy atom. The smallest absolute Gasteiger partial charge is 0.326 e. The van der Waals surface area contributed by atoms with E-state index in [1.165, 1.54) is 20.9 Å². The third-order valence-electron chi connectivity index (χ3n) is 2.21. The van der Waals surface area contributed by atoms with Crippen molar-refractivity contribution in [2.75, 3.05) is 13.6 Å². The quantitative estimate of drug-likeness (QED) is 0.506. The molecule has 0 saturated carbocycles. The van der Waals surface area contributed by atoms with Crippen molar-refractivity contribution in [1.82, 2.24) is 10.2 Å². The number of urea groups is 1. The van der Waals surface area contributed by atoms with Gasteiger partial charge in [0.15, 0.2) is 0 Å². The molecule has 0 rings (SSSR count). The Morgan fingerprint density at radius 2 is 1.79 bits per heavy atom. The summed E-state index contributed by atoms with van der Waals surface area (Å²) in [6.07, 6.45) is -0.556. The molecular weight excluding hydrogens is 256 g/mol. The first-order valence-corrected chi connectivity index (χ1v) is 5.71. The summed E-state index contributed by atoms with van der Waals surface area (Å²) in [4.78, 5) is 34.1. The van der Waals surface area contributed by atoms with E-state index >= 15 is 0 Å². The van der Waals surface area contributed by atoms with Crippen LogP contribution in [0.3, 0.4) is 0 Å². The lowest BCUT2D eigenvalue weighted by Crippen LogP contribution is -2.50. The van der Waals surface area contributed by atoms with Crippen molar-refractivity contribution < 1.29 is 29.7 Å². The SMILES string of the molecule is CN(CC(C)(C)O)C(=O)NC(CCC(=O)O)C(=O)O. The largest absolute Gasteiger partial charge is 0.481 e. The molecule has 1 atom stereocenters. The highest BCUT2D eigenvalue weighted by atomic mass is 16.4. The summed E-state index contributed by atoms with van der Waals surface area (Å²) in [7, 11) is 1.41. The van der Waals surface area contributed by atoms with E-state index in [0.29, 0.717) is 0 Å². The van der Waals surface area contributed by atoms with Crippen LogP contribution in [0.5, 0.6) is 0 Å². The van der Waals surface area contributed by atoms with E-state index in [2.05, 4.69) is 5.32 Å². The number of hydrogen-bond donors (Lipinski definition) is 4. The maximum absolute atomic E-state index is 11.7. The molecule has 4 N–H and O–H groups in total. The zero-order valence-electron chi connectivity index (χ0n) is 11.2. The van der Waals surface area contributed by atoms with Crippen molar-refractivity contribution in [3.05, 3.63) is 0 Å². The monoisotopic (exact) mass is 276 g/mol. The van der Waals surface area contributed by atoms with Gasteiger partial charge in [-0.15, -0.1) is 0 Å². The van der Waals surface area contributed by atoms with Gasteiger partial charge >= 0.3 is 18.0 Å². The molecule has 110 valence electrons. The van der Waals surface area contributed by atoms with Crippen molar-refractivity contribution in [2.45, 2.75) is 38.3 Å². The van der Waals surface area contributed by atoms with Crippen LogP contribution in [0.1, 0.15) is 26.7 Å². The molecule has 0 spiro atoms. The number of likely N-dealkylation sites (N-methyl/N-ethyl adjacent to an activating group) is 1. The molecule has 0 aromatic rings. The second kappa shape index (κ2) is 6.93. The van der Waals surface area contributed by atoms with Crippen molar-refractivity contribution >= 4 is 18.0 Å². The van der Waals surface area contributed by atoms with Crippen molar-refractivity contribution in [2.24, 2.45) is 0 Å². The molecule has 0 heterocycles. The summed E-state index contributed by atoms with van der Waals surface area (Å²) in [5.41, 5.74) is -1.11. The van der Waals surface area contributed by atoms with Crippen LogP contribution in [0.2, 0.25) is 0 Å². The second-order valence-corrected chi connectivity index (χ2v) is 4.94. The first kappa shape index (κ1) is 17.2. The van der Waals surface area contributed by atoms with Gasteiger partial charge in [0, 0.05) is 13.5 Å². The Hall–Kier alpha value is -1.83. The molecule has 0 radical (unpaired) electrons. The molecule has 2 amide bonds. The van der Waals surface area contributed by atoms with Crippen LogP contribution < -0.4 is 5.32 Å². The van der Waals surface area contributed by atoms with Crippen LogP contribution in [0.15, 0.2) is 0 Å². The number of carbonyl (C=O) groups is 3. The number of nitrogens with zero attached hydrogens (tertiary/aromatic N) is 1. The molecule has 0 fully saturated rings. The molecule has 0 bridgehead atoms. The van der Waals surface area contributed by atoms with Gasteiger partial charge in [-0.1, -0.05) is 0 Å². The highest BCUT2D eigenvalue weighted by molar-refractivity contribution is 5.83. The van der Waals surface area contributed by atoms with Crippen LogP contribution in [-0.4, -0.2) is 63.4 Å². The summed E-state index contributed by atoms with van der Waals surface area (Å²) in [6, 6.07) is -1.95. The maximum Gasteiger partial charge on any atom is 0.326 e.